The van der Waals surface area contributed by atoms with Gasteiger partial charge in [0.1, 0.15) is 0 Å². The molecule has 0 N–H and O–H groups in total. The Morgan fingerprint density at radius 1 is 1.00 bits per heavy atom. The zero-order valence-electron chi connectivity index (χ0n) is 9.00. The van der Waals surface area contributed by atoms with E-state index in [1.165, 1.54) is 49.9 Å². The van der Waals surface area contributed by atoms with Gasteiger partial charge in [-0.3, -0.25) is 0 Å². The van der Waals surface area contributed by atoms with Gasteiger partial charge >= 0.3 is 0 Å². The van der Waals surface area contributed by atoms with E-state index in [-0.39, 0.29) is 0 Å². The summed E-state index contributed by atoms with van der Waals surface area (Å²) in [6, 6.07) is 8.83. The molecule has 0 amide bonds. The maximum absolute atomic E-state index is 2.40. The number of rotatable bonds is 0. The van der Waals surface area contributed by atoms with Crippen LogP contribution in [-0.2, 0) is 6.42 Å². The minimum Gasteiger partial charge on any atom is -0.374 e. The molecule has 1 aromatic rings. The first-order chi connectivity index (χ1) is 6.88. The van der Waals surface area contributed by atoms with E-state index in [4.69, 9.17) is 0 Å². The first-order valence-corrected chi connectivity index (χ1v) is 5.67. The highest BCUT2D eigenvalue weighted by atomic mass is 15.1. The van der Waals surface area contributed by atoms with Gasteiger partial charge in [-0.05, 0) is 30.9 Å². The summed E-state index contributed by atoms with van der Waals surface area (Å²) >= 11 is 0. The van der Waals surface area contributed by atoms with Crippen LogP contribution in [0.1, 0.15) is 31.2 Å². The number of benzene rings is 1. The fraction of sp³-hybridized carbons (Fsp3) is 0.538. The van der Waals surface area contributed by atoms with E-state index >= 15 is 0 Å². The van der Waals surface area contributed by atoms with Crippen molar-refractivity contribution in [1.29, 1.82) is 0 Å². The fourth-order valence-electron chi connectivity index (χ4n) is 2.23. The lowest BCUT2D eigenvalue weighted by Gasteiger charge is -2.21. The van der Waals surface area contributed by atoms with Gasteiger partial charge in [-0.1, -0.05) is 31.0 Å². The number of nitrogens with zero attached hydrogens (tertiary/aromatic N) is 1. The molecule has 14 heavy (non-hydrogen) atoms. The highest BCUT2D eigenvalue weighted by molar-refractivity contribution is 5.53. The minimum absolute atomic E-state index is 1.21. The van der Waals surface area contributed by atoms with E-state index < -0.39 is 0 Å². The van der Waals surface area contributed by atoms with Gasteiger partial charge in [0, 0.05) is 19.3 Å². The van der Waals surface area contributed by atoms with Crippen molar-refractivity contribution in [3.8, 4) is 0 Å². The Kier molecular flexibility index (Phi) is 3.07. The van der Waals surface area contributed by atoms with E-state index in [2.05, 4.69) is 36.2 Å². The zero-order valence-corrected chi connectivity index (χ0v) is 9.00. The lowest BCUT2D eigenvalue weighted by molar-refractivity contribution is 0.650. The van der Waals surface area contributed by atoms with Gasteiger partial charge in [-0.15, -0.1) is 0 Å². The van der Waals surface area contributed by atoms with Crippen LogP contribution >= 0.6 is 0 Å². The summed E-state index contributed by atoms with van der Waals surface area (Å²) in [5, 5.41) is 0. The summed E-state index contributed by atoms with van der Waals surface area (Å²) in [6.07, 6.45) is 6.72. The number of para-hydroxylation sites is 1. The Morgan fingerprint density at radius 2 is 1.79 bits per heavy atom. The topological polar surface area (TPSA) is 3.24 Å². The average Bonchev–Trinajstić information content (AvgIpc) is 2.30. The van der Waals surface area contributed by atoms with Crippen molar-refractivity contribution in [2.45, 2.75) is 32.1 Å². The second-order valence-electron chi connectivity index (χ2n) is 4.21. The monoisotopic (exact) mass is 189 g/mol. The Hall–Kier alpha value is -0.980. The van der Waals surface area contributed by atoms with Gasteiger partial charge in [0.25, 0.3) is 0 Å². The molecule has 0 unspecified atom stereocenters. The van der Waals surface area contributed by atoms with Crippen molar-refractivity contribution in [2.24, 2.45) is 0 Å². The molecule has 1 aliphatic rings. The molecule has 0 aromatic heterocycles. The quantitative estimate of drug-likeness (QED) is 0.605. The molecule has 76 valence electrons. The Labute approximate surface area is 86.7 Å². The van der Waals surface area contributed by atoms with Gasteiger partial charge in [0.15, 0.2) is 0 Å². The summed E-state index contributed by atoms with van der Waals surface area (Å²) in [5.74, 6) is 0. The third-order valence-electron chi connectivity index (χ3n) is 3.09. The first-order valence-electron chi connectivity index (χ1n) is 5.67. The van der Waals surface area contributed by atoms with Crippen LogP contribution in [0.3, 0.4) is 0 Å². The van der Waals surface area contributed by atoms with Crippen LogP contribution in [0.15, 0.2) is 24.3 Å². The summed E-state index contributed by atoms with van der Waals surface area (Å²) in [5.41, 5.74) is 2.96. The summed E-state index contributed by atoms with van der Waals surface area (Å²) in [7, 11) is 2.21. The number of hydrogen-bond acceptors (Lipinski definition) is 1. The van der Waals surface area contributed by atoms with Crippen molar-refractivity contribution >= 4 is 5.69 Å². The largest absolute Gasteiger partial charge is 0.374 e. The number of aryl methyl sites for hydroxylation is 1. The highest BCUT2D eigenvalue weighted by Crippen LogP contribution is 2.23. The maximum atomic E-state index is 2.40. The normalized spacial score (nSPS) is 17.9. The van der Waals surface area contributed by atoms with E-state index in [0.717, 1.165) is 0 Å². The zero-order chi connectivity index (χ0) is 9.80. The predicted octanol–water partition coefficient (Wildman–Crippen LogP) is 3.24. The lowest BCUT2D eigenvalue weighted by atomic mass is 10.1. The number of fused-ring (bicyclic) bond motifs is 1. The van der Waals surface area contributed by atoms with Crippen molar-refractivity contribution in [1.82, 2.24) is 0 Å². The second kappa shape index (κ2) is 4.50. The van der Waals surface area contributed by atoms with Crippen molar-refractivity contribution in [3.63, 3.8) is 0 Å². The lowest BCUT2D eigenvalue weighted by Crippen LogP contribution is -2.19. The van der Waals surface area contributed by atoms with Crippen LogP contribution in [0.2, 0.25) is 0 Å². The van der Waals surface area contributed by atoms with Crippen LogP contribution in [0.25, 0.3) is 0 Å². The van der Waals surface area contributed by atoms with Gasteiger partial charge < -0.3 is 4.90 Å². The van der Waals surface area contributed by atoms with E-state index in [9.17, 15) is 0 Å². The third-order valence-corrected chi connectivity index (χ3v) is 3.09. The molecule has 0 fully saturated rings. The molecule has 1 heterocycles. The molecule has 0 radical (unpaired) electrons. The Bertz CT molecular complexity index is 293. The van der Waals surface area contributed by atoms with Gasteiger partial charge in [-0.25, -0.2) is 0 Å². The Morgan fingerprint density at radius 3 is 2.71 bits per heavy atom. The standard InChI is InChI=1S/C13H19N/c1-14-11-7-3-2-4-8-12-9-5-6-10-13(12)14/h5-6,9-10H,2-4,7-8,11H2,1H3. The Balaban J connectivity index is 2.26. The smallest absolute Gasteiger partial charge is 0.0396 e. The predicted molar refractivity (Wildman–Crippen MR) is 61.9 cm³/mol. The molecule has 1 heteroatoms. The SMILES string of the molecule is CN1CCCCCCc2ccccc21. The molecule has 0 aliphatic carbocycles. The molecule has 0 saturated carbocycles. The maximum Gasteiger partial charge on any atom is 0.0396 e. The second-order valence-corrected chi connectivity index (χ2v) is 4.21. The highest BCUT2D eigenvalue weighted by Gasteiger charge is 2.08. The molecule has 2 rings (SSSR count). The van der Waals surface area contributed by atoms with E-state index in [1.807, 2.05) is 0 Å². The van der Waals surface area contributed by atoms with Crippen LogP contribution < -0.4 is 4.90 Å². The van der Waals surface area contributed by atoms with Crippen LogP contribution in [0.5, 0.6) is 0 Å². The summed E-state index contributed by atoms with van der Waals surface area (Å²) in [6.45, 7) is 1.21. The van der Waals surface area contributed by atoms with Gasteiger partial charge in [0.2, 0.25) is 0 Å². The van der Waals surface area contributed by atoms with Crippen LogP contribution in [-0.4, -0.2) is 13.6 Å². The molecule has 0 spiro atoms. The van der Waals surface area contributed by atoms with E-state index in [1.54, 1.807) is 0 Å². The fourth-order valence-corrected chi connectivity index (χ4v) is 2.23. The molecule has 1 aromatic carbocycles. The van der Waals surface area contributed by atoms with Gasteiger partial charge in [-0.2, -0.15) is 0 Å². The van der Waals surface area contributed by atoms with Crippen LogP contribution in [0, 0.1) is 0 Å². The minimum atomic E-state index is 1.21. The molecular weight excluding hydrogens is 170 g/mol. The number of hydrogen-bond donors (Lipinski definition) is 0. The number of anilines is 1. The average molecular weight is 189 g/mol. The van der Waals surface area contributed by atoms with E-state index in [0.29, 0.717) is 0 Å². The molecule has 0 saturated heterocycles. The molecular formula is C13H19N. The third kappa shape index (κ3) is 2.09. The van der Waals surface area contributed by atoms with Crippen molar-refractivity contribution < 1.29 is 0 Å². The summed E-state index contributed by atoms with van der Waals surface area (Å²) < 4.78 is 0. The molecule has 1 nitrogen and oxygen atoms in total. The van der Waals surface area contributed by atoms with Gasteiger partial charge in [0.05, 0.1) is 0 Å². The summed E-state index contributed by atoms with van der Waals surface area (Å²) in [4.78, 5) is 2.40. The van der Waals surface area contributed by atoms with Crippen LogP contribution in [0.4, 0.5) is 5.69 Å². The van der Waals surface area contributed by atoms with Crippen molar-refractivity contribution in [2.75, 3.05) is 18.5 Å². The molecule has 1 aliphatic heterocycles. The first kappa shape index (κ1) is 9.57. The van der Waals surface area contributed by atoms with Crippen molar-refractivity contribution in [3.05, 3.63) is 29.8 Å². The molecule has 0 bridgehead atoms. The molecule has 0 atom stereocenters.